The van der Waals surface area contributed by atoms with Crippen molar-refractivity contribution < 1.29 is 13.2 Å². The summed E-state index contributed by atoms with van der Waals surface area (Å²) >= 11 is 0. The molecule has 1 unspecified atom stereocenters. The molecule has 2 aromatic carbocycles. The van der Waals surface area contributed by atoms with Gasteiger partial charge in [0, 0.05) is 31.0 Å². The number of hydrogen-bond acceptors (Lipinski definition) is 5. The summed E-state index contributed by atoms with van der Waals surface area (Å²) in [4.78, 5) is 25.2. The van der Waals surface area contributed by atoms with E-state index in [1.165, 1.54) is 45.5 Å². The van der Waals surface area contributed by atoms with Crippen LogP contribution in [0.15, 0.2) is 70.5 Å². The molecule has 1 N–H and O–H groups in total. The number of aryl methyl sites for hydroxylation is 1. The van der Waals surface area contributed by atoms with E-state index in [-0.39, 0.29) is 10.6 Å². The molecule has 1 amide bonds. The summed E-state index contributed by atoms with van der Waals surface area (Å²) in [6.45, 7) is 5.01. The summed E-state index contributed by atoms with van der Waals surface area (Å²) < 4.78 is 28.8. The summed E-state index contributed by atoms with van der Waals surface area (Å²) in [6.07, 6.45) is 3.38. The lowest BCUT2D eigenvalue weighted by molar-refractivity contribution is 0.101. The molecule has 33 heavy (non-hydrogen) atoms. The van der Waals surface area contributed by atoms with Crippen molar-refractivity contribution in [3.05, 3.63) is 82.3 Å². The summed E-state index contributed by atoms with van der Waals surface area (Å²) in [7, 11) is -3.58. The molecule has 1 atom stereocenters. The third-order valence-corrected chi connectivity index (χ3v) is 7.54. The number of rotatable bonds is 5. The van der Waals surface area contributed by atoms with Crippen molar-refractivity contribution in [1.82, 2.24) is 14.1 Å². The largest absolute Gasteiger partial charge is 0.320 e. The number of nitrogens with one attached hydrogen (secondary N) is 1. The number of benzene rings is 2. The number of piperidine rings is 1. The van der Waals surface area contributed by atoms with Gasteiger partial charge in [-0.1, -0.05) is 19.1 Å². The zero-order valence-corrected chi connectivity index (χ0v) is 19.4. The normalized spacial score (nSPS) is 17.0. The Hall–Kier alpha value is -3.30. The molecule has 9 heteroatoms. The van der Waals surface area contributed by atoms with Crippen LogP contribution in [-0.4, -0.2) is 41.5 Å². The number of aromatic nitrogens is 2. The molecule has 2 heterocycles. The monoisotopic (exact) mass is 466 g/mol. The number of amides is 1. The lowest BCUT2D eigenvalue weighted by atomic mass is 10.0. The van der Waals surface area contributed by atoms with Crippen LogP contribution in [0.4, 0.5) is 5.69 Å². The molecule has 0 aliphatic carbocycles. The maximum absolute atomic E-state index is 12.9. The third-order valence-electron chi connectivity index (χ3n) is 5.66. The van der Waals surface area contributed by atoms with Crippen LogP contribution in [0.5, 0.6) is 0 Å². The molecule has 1 aliphatic heterocycles. The first-order valence-electron chi connectivity index (χ1n) is 10.8. The second-order valence-electron chi connectivity index (χ2n) is 8.40. The molecule has 4 rings (SSSR count). The van der Waals surface area contributed by atoms with Gasteiger partial charge in [0.05, 0.1) is 10.6 Å². The van der Waals surface area contributed by atoms with Gasteiger partial charge >= 0.3 is 0 Å². The topological polar surface area (TPSA) is 101 Å². The molecule has 0 spiro atoms. The van der Waals surface area contributed by atoms with E-state index >= 15 is 0 Å². The fourth-order valence-electron chi connectivity index (χ4n) is 3.89. The maximum Gasteiger partial charge on any atom is 0.280 e. The van der Waals surface area contributed by atoms with Crippen LogP contribution in [0, 0.1) is 12.8 Å². The van der Waals surface area contributed by atoms with E-state index in [1.807, 2.05) is 38.1 Å². The summed E-state index contributed by atoms with van der Waals surface area (Å²) in [5.41, 5.74) is 1.37. The Bertz CT molecular complexity index is 1330. The highest BCUT2D eigenvalue weighted by atomic mass is 32.2. The molecule has 0 bridgehead atoms. The fourth-order valence-corrected chi connectivity index (χ4v) is 5.49. The number of hydrogen-bond donors (Lipinski definition) is 1. The van der Waals surface area contributed by atoms with E-state index in [0.29, 0.717) is 24.7 Å². The lowest BCUT2D eigenvalue weighted by Gasteiger charge is -2.30. The molecular weight excluding hydrogens is 440 g/mol. The van der Waals surface area contributed by atoms with Gasteiger partial charge in [-0.05, 0) is 67.6 Å². The Kier molecular flexibility index (Phi) is 6.44. The Labute approximate surface area is 192 Å². The van der Waals surface area contributed by atoms with E-state index < -0.39 is 21.4 Å². The number of anilines is 1. The van der Waals surface area contributed by atoms with Crippen molar-refractivity contribution in [3.63, 3.8) is 0 Å². The highest BCUT2D eigenvalue weighted by molar-refractivity contribution is 7.89. The summed E-state index contributed by atoms with van der Waals surface area (Å²) in [6, 6.07) is 14.8. The van der Waals surface area contributed by atoms with Crippen molar-refractivity contribution in [1.29, 1.82) is 0 Å². The average Bonchev–Trinajstić information content (AvgIpc) is 2.79. The molecule has 3 aromatic rings. The van der Waals surface area contributed by atoms with Crippen LogP contribution >= 0.6 is 0 Å². The fraction of sp³-hybridized carbons (Fsp3) is 0.292. The molecule has 1 aliphatic rings. The van der Waals surface area contributed by atoms with Crippen molar-refractivity contribution in [2.75, 3.05) is 18.4 Å². The van der Waals surface area contributed by atoms with Gasteiger partial charge in [-0.3, -0.25) is 9.59 Å². The molecular formula is C24H26N4O4S. The Morgan fingerprint density at radius 2 is 1.88 bits per heavy atom. The standard InChI is InChI=1S/C24H26N4O4S/c1-17-5-3-7-20(15-17)28-14-12-22(29)23(26-28)24(30)25-19-8-10-21(11-9-19)33(31,32)27-13-4-6-18(2)16-27/h3,5,7-12,14-15,18H,4,6,13,16H2,1-2H3,(H,25,30). The van der Waals surface area contributed by atoms with Crippen molar-refractivity contribution in [2.24, 2.45) is 5.92 Å². The average molecular weight is 467 g/mol. The lowest BCUT2D eigenvalue weighted by Crippen LogP contribution is -2.39. The van der Waals surface area contributed by atoms with E-state index in [2.05, 4.69) is 10.4 Å². The highest BCUT2D eigenvalue weighted by Gasteiger charge is 2.28. The van der Waals surface area contributed by atoms with Gasteiger partial charge in [-0.25, -0.2) is 13.1 Å². The second-order valence-corrected chi connectivity index (χ2v) is 10.3. The SMILES string of the molecule is Cc1cccc(-n2ccc(=O)c(C(=O)Nc3ccc(S(=O)(=O)N4CCCC(C)C4)cc3)n2)c1. The van der Waals surface area contributed by atoms with Crippen LogP contribution in [0.2, 0.25) is 0 Å². The van der Waals surface area contributed by atoms with Gasteiger partial charge in [0.15, 0.2) is 5.69 Å². The first-order chi connectivity index (χ1) is 15.7. The molecule has 8 nitrogen and oxygen atoms in total. The number of carbonyl (C=O) groups excluding carboxylic acids is 1. The highest BCUT2D eigenvalue weighted by Crippen LogP contribution is 2.24. The number of carbonyl (C=O) groups is 1. The second kappa shape index (κ2) is 9.29. The number of sulfonamides is 1. The van der Waals surface area contributed by atoms with Gasteiger partial charge in [-0.2, -0.15) is 9.40 Å². The van der Waals surface area contributed by atoms with E-state index in [1.54, 1.807) is 0 Å². The van der Waals surface area contributed by atoms with Gasteiger partial charge in [0.25, 0.3) is 5.91 Å². The molecule has 172 valence electrons. The van der Waals surface area contributed by atoms with Crippen molar-refractivity contribution in [2.45, 2.75) is 31.6 Å². The Morgan fingerprint density at radius 1 is 1.12 bits per heavy atom. The van der Waals surface area contributed by atoms with E-state index in [9.17, 15) is 18.0 Å². The Balaban J connectivity index is 1.52. The number of nitrogens with zero attached hydrogens (tertiary/aromatic N) is 3. The van der Waals surface area contributed by atoms with Gasteiger partial charge in [0.2, 0.25) is 15.5 Å². The summed E-state index contributed by atoms with van der Waals surface area (Å²) in [5, 5.41) is 6.83. The van der Waals surface area contributed by atoms with Crippen LogP contribution < -0.4 is 10.7 Å². The minimum absolute atomic E-state index is 0.175. The van der Waals surface area contributed by atoms with Gasteiger partial charge < -0.3 is 5.32 Å². The molecule has 0 radical (unpaired) electrons. The summed E-state index contributed by atoms with van der Waals surface area (Å²) in [5.74, 6) is -0.336. The maximum atomic E-state index is 12.9. The zero-order chi connectivity index (χ0) is 23.6. The minimum Gasteiger partial charge on any atom is -0.320 e. The van der Waals surface area contributed by atoms with Gasteiger partial charge in [-0.15, -0.1) is 0 Å². The smallest absolute Gasteiger partial charge is 0.280 e. The molecule has 0 saturated carbocycles. The van der Waals surface area contributed by atoms with Crippen molar-refractivity contribution >= 4 is 21.6 Å². The molecule has 1 saturated heterocycles. The van der Waals surface area contributed by atoms with E-state index in [4.69, 9.17) is 0 Å². The zero-order valence-electron chi connectivity index (χ0n) is 18.6. The van der Waals surface area contributed by atoms with Crippen molar-refractivity contribution in [3.8, 4) is 5.69 Å². The third kappa shape index (κ3) is 5.04. The van der Waals surface area contributed by atoms with Crippen LogP contribution in [0.3, 0.4) is 0 Å². The van der Waals surface area contributed by atoms with Crippen LogP contribution in [0.1, 0.15) is 35.8 Å². The first kappa shape index (κ1) is 22.9. The predicted octanol–water partition coefficient (Wildman–Crippen LogP) is 3.21. The van der Waals surface area contributed by atoms with Crippen LogP contribution in [0.25, 0.3) is 5.69 Å². The Morgan fingerprint density at radius 3 is 2.58 bits per heavy atom. The first-order valence-corrected chi connectivity index (χ1v) is 12.3. The molecule has 1 aromatic heterocycles. The van der Waals surface area contributed by atoms with Gasteiger partial charge in [0.1, 0.15) is 0 Å². The van der Waals surface area contributed by atoms with E-state index in [0.717, 1.165) is 24.1 Å². The molecule has 1 fully saturated rings. The quantitative estimate of drug-likeness (QED) is 0.622. The van der Waals surface area contributed by atoms with Crippen LogP contribution in [-0.2, 0) is 10.0 Å². The minimum atomic E-state index is -3.58. The predicted molar refractivity (Wildman–Crippen MR) is 126 cm³/mol.